The van der Waals surface area contributed by atoms with E-state index in [1.165, 1.54) is 31.6 Å². The molecule has 2 amide bonds. The van der Waals surface area contributed by atoms with Crippen LogP contribution in [0, 0.1) is 11.6 Å². The number of carbonyl (C=O) groups is 2. The highest BCUT2D eigenvalue weighted by atomic mass is 19.2. The van der Waals surface area contributed by atoms with Gasteiger partial charge in [0.05, 0.1) is 31.6 Å². The third-order valence-corrected chi connectivity index (χ3v) is 7.67. The lowest BCUT2D eigenvalue weighted by molar-refractivity contribution is -0.122. The van der Waals surface area contributed by atoms with E-state index in [1.54, 1.807) is 22.7 Å². The molecule has 5 rings (SSSR count). The largest absolute Gasteiger partial charge is 0.494 e. The first kappa shape index (κ1) is 33.1. The first-order chi connectivity index (χ1) is 22.8. The van der Waals surface area contributed by atoms with E-state index in [2.05, 4.69) is 41.5 Å². The quantitative estimate of drug-likeness (QED) is 0.112. The number of aryl methyl sites for hydroxylation is 1. The number of hydrogen-bond acceptors (Lipinski definition) is 10. The average molecular weight is 649 g/mol. The molecule has 0 spiro atoms. The topological polar surface area (TPSA) is 172 Å². The van der Waals surface area contributed by atoms with Gasteiger partial charge in [0.2, 0.25) is 11.7 Å². The standard InChI is InChI=1S/C32H38F2N10O3/c1-3-19-17-20(43-28-29-42-18-24(44(29)16-15-36-28)22-8-9-25(47-2)27(34)26(22)33)6-7-21(19)30(45)37-11-12-38-31(46)23(35)5-4-10-39-32-40-13-14-41-32/h6-9,15-18,23H,3-5,10-14,35H2,1-2H3,(H,36,43)(H,37,45)(H,38,46)(H2,39,40,41). The van der Waals surface area contributed by atoms with Crippen LogP contribution in [0.4, 0.5) is 20.3 Å². The minimum absolute atomic E-state index is 0.0236. The zero-order valence-corrected chi connectivity index (χ0v) is 26.2. The Kier molecular flexibility index (Phi) is 10.8. The first-order valence-electron chi connectivity index (χ1n) is 15.4. The van der Waals surface area contributed by atoms with Crippen molar-refractivity contribution in [2.45, 2.75) is 32.2 Å². The monoisotopic (exact) mass is 648 g/mol. The summed E-state index contributed by atoms with van der Waals surface area (Å²) in [4.78, 5) is 38.4. The molecule has 3 heterocycles. The van der Waals surface area contributed by atoms with E-state index in [0.717, 1.165) is 31.0 Å². The molecule has 1 unspecified atom stereocenters. The molecule has 0 saturated carbocycles. The van der Waals surface area contributed by atoms with Gasteiger partial charge in [-0.2, -0.15) is 4.39 Å². The van der Waals surface area contributed by atoms with E-state index >= 15 is 0 Å². The molecular weight excluding hydrogens is 610 g/mol. The lowest BCUT2D eigenvalue weighted by Gasteiger charge is -2.14. The summed E-state index contributed by atoms with van der Waals surface area (Å²) in [6.45, 7) is 4.67. The number of rotatable bonds is 14. The molecule has 13 nitrogen and oxygen atoms in total. The van der Waals surface area contributed by atoms with Crippen molar-refractivity contribution in [3.63, 3.8) is 0 Å². The SMILES string of the molecule is CCc1cc(Nc2nccn3c(-c4ccc(OC)c(F)c4F)cnc23)ccc1C(=O)NCCNC(=O)C(N)CCCNC1=NCCN1. The number of halogens is 2. The molecule has 47 heavy (non-hydrogen) atoms. The van der Waals surface area contributed by atoms with Crippen LogP contribution in [0.2, 0.25) is 0 Å². The number of aliphatic imine (C=N–C) groups is 1. The Bertz CT molecular complexity index is 1780. The summed E-state index contributed by atoms with van der Waals surface area (Å²) in [7, 11) is 1.27. The molecule has 0 fully saturated rings. The molecule has 15 heteroatoms. The van der Waals surface area contributed by atoms with Gasteiger partial charge in [-0.05, 0) is 55.2 Å². The fourth-order valence-corrected chi connectivity index (χ4v) is 5.18. The van der Waals surface area contributed by atoms with Crippen LogP contribution in [-0.4, -0.2) is 78.0 Å². The minimum atomic E-state index is -1.08. The Morgan fingerprint density at radius 2 is 1.94 bits per heavy atom. The maximum atomic E-state index is 14.8. The lowest BCUT2D eigenvalue weighted by atomic mass is 10.0. The number of anilines is 2. The zero-order valence-electron chi connectivity index (χ0n) is 26.2. The van der Waals surface area contributed by atoms with Gasteiger partial charge in [-0.1, -0.05) is 6.92 Å². The summed E-state index contributed by atoms with van der Waals surface area (Å²) < 4.78 is 35.7. The van der Waals surface area contributed by atoms with Gasteiger partial charge in [0, 0.05) is 55.4 Å². The maximum absolute atomic E-state index is 14.8. The van der Waals surface area contributed by atoms with Gasteiger partial charge in [0.15, 0.2) is 29.0 Å². The summed E-state index contributed by atoms with van der Waals surface area (Å²) >= 11 is 0. The number of benzene rings is 2. The van der Waals surface area contributed by atoms with Crippen LogP contribution in [0.3, 0.4) is 0 Å². The normalized spacial score (nSPS) is 13.1. The van der Waals surface area contributed by atoms with E-state index < -0.39 is 17.7 Å². The Morgan fingerprint density at radius 1 is 1.11 bits per heavy atom. The number of fused-ring (bicyclic) bond motifs is 1. The average Bonchev–Trinajstić information content (AvgIpc) is 3.77. The molecule has 2 aromatic heterocycles. The van der Waals surface area contributed by atoms with E-state index in [9.17, 15) is 18.4 Å². The highest BCUT2D eigenvalue weighted by molar-refractivity contribution is 5.96. The number of nitrogens with zero attached hydrogens (tertiary/aromatic N) is 4. The number of hydrogen-bond donors (Lipinski definition) is 6. The van der Waals surface area contributed by atoms with Crippen LogP contribution in [0.1, 0.15) is 35.7 Å². The Morgan fingerprint density at radius 3 is 2.70 bits per heavy atom. The molecule has 1 aliphatic heterocycles. The Hall–Kier alpha value is -5.31. The number of nitrogens with two attached hydrogens (primary N) is 1. The summed E-state index contributed by atoms with van der Waals surface area (Å²) in [6, 6.07) is 7.44. The fraction of sp³-hybridized carbons (Fsp3) is 0.344. The van der Waals surface area contributed by atoms with Gasteiger partial charge >= 0.3 is 0 Å². The van der Waals surface area contributed by atoms with Gasteiger partial charge in [-0.3, -0.25) is 19.0 Å². The molecule has 0 aliphatic carbocycles. The van der Waals surface area contributed by atoms with Crippen molar-refractivity contribution in [1.29, 1.82) is 0 Å². The third-order valence-electron chi connectivity index (χ3n) is 7.67. The maximum Gasteiger partial charge on any atom is 0.251 e. The number of methoxy groups -OCH3 is 1. The predicted octanol–water partition coefficient (Wildman–Crippen LogP) is 2.49. The summed E-state index contributed by atoms with van der Waals surface area (Å²) in [6.07, 6.45) is 6.39. The summed E-state index contributed by atoms with van der Waals surface area (Å²) in [5, 5.41) is 15.1. The van der Waals surface area contributed by atoms with E-state index in [4.69, 9.17) is 10.5 Å². The molecule has 4 aromatic rings. The van der Waals surface area contributed by atoms with Crippen molar-refractivity contribution in [3.05, 3.63) is 71.7 Å². The van der Waals surface area contributed by atoms with Gasteiger partial charge in [-0.25, -0.2) is 14.4 Å². The Balaban J connectivity index is 1.15. The van der Waals surface area contributed by atoms with Crippen molar-refractivity contribution in [2.75, 3.05) is 45.2 Å². The highest BCUT2D eigenvalue weighted by Gasteiger charge is 2.20. The van der Waals surface area contributed by atoms with Crippen molar-refractivity contribution < 1.29 is 23.1 Å². The van der Waals surface area contributed by atoms with Crippen molar-refractivity contribution >= 4 is 34.9 Å². The second kappa shape index (κ2) is 15.3. The molecule has 1 aliphatic rings. The number of ether oxygens (including phenoxy) is 1. The fourth-order valence-electron chi connectivity index (χ4n) is 5.18. The minimum Gasteiger partial charge on any atom is -0.494 e. The van der Waals surface area contributed by atoms with Crippen molar-refractivity contribution in [2.24, 2.45) is 10.7 Å². The van der Waals surface area contributed by atoms with Crippen molar-refractivity contribution in [3.8, 4) is 17.0 Å². The molecule has 0 bridgehead atoms. The van der Waals surface area contributed by atoms with Gasteiger partial charge in [-0.15, -0.1) is 0 Å². The molecule has 1 atom stereocenters. The van der Waals surface area contributed by atoms with Gasteiger partial charge in [0.25, 0.3) is 5.91 Å². The summed E-state index contributed by atoms with van der Waals surface area (Å²) in [5.41, 5.74) is 8.72. The third kappa shape index (κ3) is 7.74. The number of aromatic nitrogens is 3. The van der Waals surface area contributed by atoms with Gasteiger partial charge < -0.3 is 37.1 Å². The number of imidazole rings is 1. The second-order valence-electron chi connectivity index (χ2n) is 10.8. The first-order valence-corrected chi connectivity index (χ1v) is 15.4. The lowest BCUT2D eigenvalue weighted by Crippen LogP contribution is -2.44. The molecule has 7 N–H and O–H groups in total. The van der Waals surface area contributed by atoms with Crippen LogP contribution < -0.4 is 37.1 Å². The second-order valence-corrected chi connectivity index (χ2v) is 10.8. The molecule has 0 radical (unpaired) electrons. The van der Waals surface area contributed by atoms with Gasteiger partial charge in [0.1, 0.15) is 0 Å². The smallest absolute Gasteiger partial charge is 0.251 e. The molecular formula is C32H38F2N10O3. The van der Waals surface area contributed by atoms with Crippen LogP contribution in [0.15, 0.2) is 53.9 Å². The Labute approximate surface area is 270 Å². The number of carbonyl (C=O) groups excluding carboxylic acids is 2. The number of guanidine groups is 1. The molecule has 2 aromatic carbocycles. The van der Waals surface area contributed by atoms with Crippen LogP contribution >= 0.6 is 0 Å². The van der Waals surface area contributed by atoms with E-state index in [0.29, 0.717) is 47.8 Å². The van der Waals surface area contributed by atoms with Crippen molar-refractivity contribution in [1.82, 2.24) is 35.6 Å². The van der Waals surface area contributed by atoms with E-state index in [-0.39, 0.29) is 36.2 Å². The molecule has 248 valence electrons. The number of amides is 2. The zero-order chi connectivity index (χ0) is 33.3. The van der Waals surface area contributed by atoms with Crippen LogP contribution in [-0.2, 0) is 11.2 Å². The predicted molar refractivity (Wildman–Crippen MR) is 175 cm³/mol. The van der Waals surface area contributed by atoms with Crippen LogP contribution in [0.25, 0.3) is 16.9 Å². The van der Waals surface area contributed by atoms with E-state index in [1.807, 2.05) is 13.0 Å². The van der Waals surface area contributed by atoms with Crippen LogP contribution in [0.5, 0.6) is 5.75 Å². The molecule has 0 saturated heterocycles. The number of nitrogens with one attached hydrogen (secondary N) is 5. The summed E-state index contributed by atoms with van der Waals surface area (Å²) in [5.74, 6) is -1.69. The highest BCUT2D eigenvalue weighted by Crippen LogP contribution is 2.31.